The summed E-state index contributed by atoms with van der Waals surface area (Å²) in [5.41, 5.74) is 0. The second-order valence-electron chi connectivity index (χ2n) is 3.07. The maximum Gasteiger partial charge on any atom is 0.201 e. The lowest BCUT2D eigenvalue weighted by Gasteiger charge is -2.17. The quantitative estimate of drug-likeness (QED) is 0.578. The van der Waals surface area contributed by atoms with Crippen molar-refractivity contribution >= 4 is 11.6 Å². The molecule has 1 atom stereocenters. The smallest absolute Gasteiger partial charge is 0.201 e. The molecule has 3 heteroatoms. The first-order valence-electron chi connectivity index (χ1n) is 4.19. The van der Waals surface area contributed by atoms with Gasteiger partial charge in [0.05, 0.1) is 6.07 Å². The standard InChI is InChI=1S/C9H11NO2/c10-6-2-4-7-3-1-5-8(11)9(7)12/h7H,1-5H2. The van der Waals surface area contributed by atoms with Gasteiger partial charge < -0.3 is 0 Å². The summed E-state index contributed by atoms with van der Waals surface area (Å²) in [5.74, 6) is -0.661. The van der Waals surface area contributed by atoms with Gasteiger partial charge >= 0.3 is 0 Å². The summed E-state index contributed by atoms with van der Waals surface area (Å²) in [6.45, 7) is 0. The SMILES string of the molecule is N#CCCC1CCCC(=O)C1=O. The summed E-state index contributed by atoms with van der Waals surface area (Å²) in [7, 11) is 0. The van der Waals surface area contributed by atoms with E-state index in [4.69, 9.17) is 5.26 Å². The van der Waals surface area contributed by atoms with Crippen LogP contribution < -0.4 is 0 Å². The highest BCUT2D eigenvalue weighted by molar-refractivity contribution is 6.38. The minimum atomic E-state index is -0.253. The lowest BCUT2D eigenvalue weighted by molar-refractivity contribution is -0.141. The predicted molar refractivity (Wildman–Crippen MR) is 42.2 cm³/mol. The van der Waals surface area contributed by atoms with Crippen LogP contribution in [-0.2, 0) is 9.59 Å². The molecular weight excluding hydrogens is 154 g/mol. The molecule has 0 aromatic rings. The molecule has 0 saturated heterocycles. The van der Waals surface area contributed by atoms with Gasteiger partial charge in [-0.3, -0.25) is 9.59 Å². The van der Waals surface area contributed by atoms with Crippen molar-refractivity contribution in [3.8, 4) is 6.07 Å². The molecule has 0 amide bonds. The third-order valence-corrected chi connectivity index (χ3v) is 2.21. The first kappa shape index (κ1) is 8.92. The molecule has 0 aliphatic heterocycles. The molecule has 12 heavy (non-hydrogen) atoms. The zero-order chi connectivity index (χ0) is 8.97. The molecule has 3 nitrogen and oxygen atoms in total. The van der Waals surface area contributed by atoms with E-state index in [0.717, 1.165) is 12.8 Å². The third-order valence-electron chi connectivity index (χ3n) is 2.21. The average Bonchev–Trinajstić information content (AvgIpc) is 2.08. The summed E-state index contributed by atoms with van der Waals surface area (Å²) in [5, 5.41) is 8.30. The molecule has 0 bridgehead atoms. The van der Waals surface area contributed by atoms with E-state index in [9.17, 15) is 9.59 Å². The molecule has 64 valence electrons. The van der Waals surface area contributed by atoms with Crippen molar-refractivity contribution in [1.82, 2.24) is 0 Å². The number of carbonyl (C=O) groups is 2. The van der Waals surface area contributed by atoms with Crippen molar-refractivity contribution in [2.75, 3.05) is 0 Å². The van der Waals surface area contributed by atoms with Crippen LogP contribution in [0.25, 0.3) is 0 Å². The van der Waals surface area contributed by atoms with Gasteiger partial charge in [0.2, 0.25) is 5.78 Å². The van der Waals surface area contributed by atoms with E-state index < -0.39 is 0 Å². The van der Waals surface area contributed by atoms with E-state index >= 15 is 0 Å². The van der Waals surface area contributed by atoms with Crippen LogP contribution >= 0.6 is 0 Å². The molecule has 1 unspecified atom stereocenters. The number of rotatable bonds is 2. The molecule has 0 aromatic heterocycles. The van der Waals surface area contributed by atoms with E-state index in [0.29, 0.717) is 19.3 Å². The third kappa shape index (κ3) is 1.91. The first-order valence-corrected chi connectivity index (χ1v) is 4.19. The molecule has 0 radical (unpaired) electrons. The summed E-state index contributed by atoms with van der Waals surface area (Å²) >= 11 is 0. The Kier molecular flexibility index (Phi) is 2.98. The van der Waals surface area contributed by atoms with Crippen molar-refractivity contribution in [2.24, 2.45) is 5.92 Å². The lowest BCUT2D eigenvalue weighted by Crippen LogP contribution is -2.28. The molecule has 0 aromatic carbocycles. The molecule has 0 spiro atoms. The van der Waals surface area contributed by atoms with E-state index in [1.807, 2.05) is 6.07 Å². The fraction of sp³-hybridized carbons (Fsp3) is 0.667. The minimum Gasteiger partial charge on any atom is -0.291 e. The Morgan fingerprint density at radius 2 is 2.25 bits per heavy atom. The van der Waals surface area contributed by atoms with Crippen molar-refractivity contribution < 1.29 is 9.59 Å². The van der Waals surface area contributed by atoms with Gasteiger partial charge in [0.25, 0.3) is 0 Å². The number of carbonyl (C=O) groups excluding carboxylic acids is 2. The van der Waals surface area contributed by atoms with Crippen LogP contribution in [0, 0.1) is 17.2 Å². The number of nitrogens with zero attached hydrogens (tertiary/aromatic N) is 1. The van der Waals surface area contributed by atoms with Gasteiger partial charge in [-0.15, -0.1) is 0 Å². The predicted octanol–water partition coefficient (Wildman–Crippen LogP) is 1.23. The fourth-order valence-corrected chi connectivity index (χ4v) is 1.51. The van der Waals surface area contributed by atoms with Gasteiger partial charge in [0.15, 0.2) is 5.78 Å². The number of Topliss-reactive ketones (excluding diaryl/α,β-unsaturated/α-hetero) is 2. The van der Waals surface area contributed by atoms with Crippen molar-refractivity contribution in [1.29, 1.82) is 5.26 Å². The van der Waals surface area contributed by atoms with Crippen LogP contribution in [0.3, 0.4) is 0 Å². The Morgan fingerprint density at radius 1 is 1.50 bits per heavy atom. The number of hydrogen-bond acceptors (Lipinski definition) is 3. The lowest BCUT2D eigenvalue weighted by atomic mass is 9.84. The van der Waals surface area contributed by atoms with Crippen LogP contribution in [0.5, 0.6) is 0 Å². The second-order valence-corrected chi connectivity index (χ2v) is 3.07. The van der Waals surface area contributed by atoms with Crippen LogP contribution in [-0.4, -0.2) is 11.6 Å². The van der Waals surface area contributed by atoms with Crippen molar-refractivity contribution in [3.63, 3.8) is 0 Å². The summed E-state index contributed by atoms with van der Waals surface area (Å²) in [6.07, 6.45) is 2.93. The number of ketones is 2. The van der Waals surface area contributed by atoms with Crippen LogP contribution in [0.15, 0.2) is 0 Å². The highest BCUT2D eigenvalue weighted by Crippen LogP contribution is 2.22. The molecule has 1 aliphatic carbocycles. The molecular formula is C9H11NO2. The molecule has 1 aliphatic rings. The Morgan fingerprint density at radius 3 is 2.92 bits per heavy atom. The molecule has 1 fully saturated rings. The van der Waals surface area contributed by atoms with Gasteiger partial charge in [-0.25, -0.2) is 0 Å². The number of nitriles is 1. The highest BCUT2D eigenvalue weighted by Gasteiger charge is 2.28. The second kappa shape index (κ2) is 4.01. The van der Waals surface area contributed by atoms with E-state index in [1.165, 1.54) is 0 Å². The Bertz CT molecular complexity index is 239. The first-order chi connectivity index (χ1) is 5.75. The normalized spacial score (nSPS) is 23.8. The fourth-order valence-electron chi connectivity index (χ4n) is 1.51. The van der Waals surface area contributed by atoms with Crippen LogP contribution in [0.1, 0.15) is 32.1 Å². The van der Waals surface area contributed by atoms with E-state index in [-0.39, 0.29) is 17.5 Å². The van der Waals surface area contributed by atoms with Gasteiger partial charge in [-0.05, 0) is 19.3 Å². The van der Waals surface area contributed by atoms with Gasteiger partial charge in [0, 0.05) is 18.8 Å². The largest absolute Gasteiger partial charge is 0.291 e. The van der Waals surface area contributed by atoms with Crippen molar-refractivity contribution in [3.05, 3.63) is 0 Å². The van der Waals surface area contributed by atoms with Crippen LogP contribution in [0.2, 0.25) is 0 Å². The topological polar surface area (TPSA) is 57.9 Å². The Hall–Kier alpha value is -1.17. The number of hydrogen-bond donors (Lipinski definition) is 0. The van der Waals surface area contributed by atoms with Gasteiger partial charge in [-0.2, -0.15) is 5.26 Å². The van der Waals surface area contributed by atoms with E-state index in [1.54, 1.807) is 0 Å². The molecule has 0 heterocycles. The Balaban J connectivity index is 2.48. The van der Waals surface area contributed by atoms with Gasteiger partial charge in [-0.1, -0.05) is 0 Å². The zero-order valence-corrected chi connectivity index (χ0v) is 6.88. The monoisotopic (exact) mass is 165 g/mol. The summed E-state index contributed by atoms with van der Waals surface area (Å²) in [6, 6.07) is 1.99. The summed E-state index contributed by atoms with van der Waals surface area (Å²) in [4.78, 5) is 22.1. The maximum atomic E-state index is 11.2. The van der Waals surface area contributed by atoms with Crippen molar-refractivity contribution in [2.45, 2.75) is 32.1 Å². The molecule has 1 saturated carbocycles. The molecule has 1 rings (SSSR count). The Labute approximate surface area is 71.4 Å². The summed E-state index contributed by atoms with van der Waals surface area (Å²) < 4.78 is 0. The maximum absolute atomic E-state index is 11.2. The average molecular weight is 165 g/mol. The van der Waals surface area contributed by atoms with Crippen LogP contribution in [0.4, 0.5) is 0 Å². The van der Waals surface area contributed by atoms with E-state index in [2.05, 4.69) is 0 Å². The van der Waals surface area contributed by atoms with Gasteiger partial charge in [0.1, 0.15) is 0 Å². The zero-order valence-electron chi connectivity index (χ0n) is 6.88. The highest BCUT2D eigenvalue weighted by atomic mass is 16.2. The minimum absolute atomic E-state index is 0.161. The molecule has 0 N–H and O–H groups in total.